The molecule has 1 aliphatic carbocycles. The fourth-order valence-corrected chi connectivity index (χ4v) is 1.97. The topological polar surface area (TPSA) is 46.3 Å². The number of carbonyl (C=O) groups excluding carboxylic acids is 1. The lowest BCUT2D eigenvalue weighted by Gasteiger charge is -2.25. The van der Waals surface area contributed by atoms with Crippen LogP contribution >= 0.6 is 25.0 Å². The van der Waals surface area contributed by atoms with E-state index >= 15 is 0 Å². The van der Waals surface area contributed by atoms with Gasteiger partial charge in [-0.1, -0.05) is 32.0 Å². The average molecular weight is 218 g/mol. The Morgan fingerprint density at radius 2 is 2.31 bits per heavy atom. The van der Waals surface area contributed by atoms with Crippen molar-refractivity contribution in [3.05, 3.63) is 0 Å². The van der Waals surface area contributed by atoms with Crippen molar-refractivity contribution >= 4 is 35.9 Å². The van der Waals surface area contributed by atoms with E-state index in [2.05, 4.69) is 12.8 Å². The van der Waals surface area contributed by atoms with Gasteiger partial charge in [-0.15, -0.1) is 0 Å². The van der Waals surface area contributed by atoms with E-state index in [1.165, 1.54) is 0 Å². The van der Waals surface area contributed by atoms with E-state index in [1.807, 2.05) is 6.92 Å². The van der Waals surface area contributed by atoms with Crippen molar-refractivity contribution in [3.63, 3.8) is 0 Å². The standard InChI is InChI=1S/C8H14N2OS2/c1-2-6(7(9)11)10(13)8(12)5-3-4-5/h5-6,13H,2-4H2,1H3,(H2,9,11). The summed E-state index contributed by atoms with van der Waals surface area (Å²) in [7, 11) is 0. The Hall–Kier alpha value is -0.290. The molecular formula is C8H14N2OS2. The van der Waals surface area contributed by atoms with Crippen LogP contribution in [-0.4, -0.2) is 21.2 Å². The third kappa shape index (κ3) is 2.57. The van der Waals surface area contributed by atoms with Gasteiger partial charge in [0.05, 0.1) is 4.99 Å². The highest BCUT2D eigenvalue weighted by Gasteiger charge is 2.32. The van der Waals surface area contributed by atoms with E-state index in [4.69, 9.17) is 18.0 Å². The molecule has 1 fully saturated rings. The smallest absolute Gasteiger partial charge is 0.241 e. The SMILES string of the molecule is CCC(C(N)=O)N(S)C(=S)C1CC1. The molecule has 0 saturated heterocycles. The largest absolute Gasteiger partial charge is 0.368 e. The number of hydrogen-bond donors (Lipinski definition) is 2. The van der Waals surface area contributed by atoms with Crippen LogP contribution in [0.5, 0.6) is 0 Å². The summed E-state index contributed by atoms with van der Waals surface area (Å²) < 4.78 is 1.55. The van der Waals surface area contributed by atoms with Gasteiger partial charge in [0.25, 0.3) is 0 Å². The van der Waals surface area contributed by atoms with Crippen LogP contribution in [0.1, 0.15) is 26.2 Å². The maximum Gasteiger partial charge on any atom is 0.241 e. The number of nitrogens with zero attached hydrogens (tertiary/aromatic N) is 1. The van der Waals surface area contributed by atoms with Crippen molar-refractivity contribution in [3.8, 4) is 0 Å². The molecule has 5 heteroatoms. The zero-order valence-electron chi connectivity index (χ0n) is 7.56. The normalized spacial score (nSPS) is 18.0. The minimum absolute atomic E-state index is 0.361. The van der Waals surface area contributed by atoms with Crippen LogP contribution in [0.2, 0.25) is 0 Å². The maximum atomic E-state index is 11.0. The van der Waals surface area contributed by atoms with Crippen LogP contribution in [-0.2, 0) is 4.79 Å². The van der Waals surface area contributed by atoms with Gasteiger partial charge >= 0.3 is 0 Å². The molecule has 1 unspecified atom stereocenters. The van der Waals surface area contributed by atoms with Crippen LogP contribution in [0.15, 0.2) is 0 Å². The number of amides is 1. The van der Waals surface area contributed by atoms with Crippen LogP contribution in [0, 0.1) is 5.92 Å². The quantitative estimate of drug-likeness (QED) is 0.549. The first kappa shape index (κ1) is 10.8. The molecule has 0 spiro atoms. The van der Waals surface area contributed by atoms with Gasteiger partial charge in [-0.25, -0.2) is 0 Å². The molecule has 3 nitrogen and oxygen atoms in total. The molecular weight excluding hydrogens is 204 g/mol. The molecule has 0 aliphatic heterocycles. The Morgan fingerprint density at radius 1 is 1.77 bits per heavy atom. The summed E-state index contributed by atoms with van der Waals surface area (Å²) in [6.45, 7) is 1.90. The van der Waals surface area contributed by atoms with E-state index < -0.39 is 0 Å². The van der Waals surface area contributed by atoms with Gasteiger partial charge in [-0.2, -0.15) is 0 Å². The van der Waals surface area contributed by atoms with Crippen LogP contribution < -0.4 is 5.73 Å². The summed E-state index contributed by atoms with van der Waals surface area (Å²) in [5.74, 6) is 0.0846. The van der Waals surface area contributed by atoms with E-state index in [0.29, 0.717) is 12.3 Å². The van der Waals surface area contributed by atoms with Gasteiger partial charge in [0.2, 0.25) is 5.91 Å². The molecule has 1 amide bonds. The summed E-state index contributed by atoms with van der Waals surface area (Å²) in [5.41, 5.74) is 5.22. The highest BCUT2D eigenvalue weighted by atomic mass is 32.1. The highest BCUT2D eigenvalue weighted by molar-refractivity contribution is 7.84. The Morgan fingerprint density at radius 3 is 2.62 bits per heavy atom. The molecule has 13 heavy (non-hydrogen) atoms. The van der Waals surface area contributed by atoms with Crippen LogP contribution in [0.25, 0.3) is 0 Å². The number of nitrogens with two attached hydrogens (primary N) is 1. The fourth-order valence-electron chi connectivity index (χ4n) is 1.17. The summed E-state index contributed by atoms with van der Waals surface area (Å²) in [6.07, 6.45) is 2.88. The van der Waals surface area contributed by atoms with Crippen molar-refractivity contribution in [2.24, 2.45) is 11.7 Å². The van der Waals surface area contributed by atoms with E-state index in [-0.39, 0.29) is 11.9 Å². The first-order valence-corrected chi connectivity index (χ1v) is 5.20. The number of hydrogen-bond acceptors (Lipinski definition) is 3. The zero-order chi connectivity index (χ0) is 10.0. The van der Waals surface area contributed by atoms with Gasteiger partial charge < -0.3 is 10.0 Å². The molecule has 0 bridgehead atoms. The zero-order valence-corrected chi connectivity index (χ0v) is 9.28. The number of thiocarbonyl (C=S) groups is 1. The predicted molar refractivity (Wildman–Crippen MR) is 59.4 cm³/mol. The molecule has 0 aromatic carbocycles. The van der Waals surface area contributed by atoms with Crippen molar-refractivity contribution < 1.29 is 4.79 Å². The van der Waals surface area contributed by atoms with Gasteiger partial charge in [0.1, 0.15) is 6.04 Å². The van der Waals surface area contributed by atoms with Crippen molar-refractivity contribution in [2.45, 2.75) is 32.2 Å². The number of primary amides is 1. The van der Waals surface area contributed by atoms with Gasteiger partial charge in [0.15, 0.2) is 0 Å². The predicted octanol–water partition coefficient (Wildman–Crippen LogP) is 1.13. The van der Waals surface area contributed by atoms with Gasteiger partial charge in [0, 0.05) is 5.92 Å². The maximum absolute atomic E-state index is 11.0. The molecule has 0 radical (unpaired) electrons. The third-order valence-electron chi connectivity index (χ3n) is 2.16. The number of thiol groups is 1. The molecule has 1 saturated carbocycles. The molecule has 0 aromatic heterocycles. The summed E-state index contributed by atoms with van der Waals surface area (Å²) in [5, 5.41) is 0. The van der Waals surface area contributed by atoms with E-state index in [0.717, 1.165) is 17.8 Å². The number of carbonyl (C=O) groups is 1. The summed E-state index contributed by atoms with van der Waals surface area (Å²) in [4.78, 5) is 11.7. The second kappa shape index (κ2) is 4.28. The first-order valence-electron chi connectivity index (χ1n) is 4.39. The second-order valence-corrected chi connectivity index (χ2v) is 4.13. The molecule has 2 N–H and O–H groups in total. The highest BCUT2D eigenvalue weighted by Crippen LogP contribution is 2.33. The molecule has 0 heterocycles. The molecule has 1 rings (SSSR count). The third-order valence-corrected chi connectivity index (χ3v) is 3.32. The van der Waals surface area contributed by atoms with Gasteiger partial charge in [-0.05, 0) is 19.3 Å². The molecule has 1 atom stereocenters. The monoisotopic (exact) mass is 218 g/mol. The Bertz CT molecular complexity index is 228. The average Bonchev–Trinajstić information content (AvgIpc) is 2.85. The lowest BCUT2D eigenvalue weighted by atomic mass is 10.2. The molecule has 1 aliphatic rings. The summed E-state index contributed by atoms with van der Waals surface area (Å²) >= 11 is 9.38. The van der Waals surface area contributed by atoms with E-state index in [9.17, 15) is 4.79 Å². The van der Waals surface area contributed by atoms with Crippen LogP contribution in [0.4, 0.5) is 0 Å². The van der Waals surface area contributed by atoms with Crippen molar-refractivity contribution in [1.29, 1.82) is 0 Å². The Kier molecular flexibility index (Phi) is 3.55. The molecule has 0 aromatic rings. The summed E-state index contributed by atoms with van der Waals surface area (Å²) in [6, 6.07) is -0.364. The first-order chi connectivity index (χ1) is 6.07. The Labute approximate surface area is 89.2 Å². The fraction of sp³-hybridized carbons (Fsp3) is 0.750. The van der Waals surface area contributed by atoms with Crippen LogP contribution in [0.3, 0.4) is 0 Å². The van der Waals surface area contributed by atoms with Gasteiger partial charge in [-0.3, -0.25) is 4.79 Å². The lowest BCUT2D eigenvalue weighted by molar-refractivity contribution is -0.120. The van der Waals surface area contributed by atoms with E-state index in [1.54, 1.807) is 4.31 Å². The minimum atomic E-state index is -0.364. The lowest BCUT2D eigenvalue weighted by Crippen LogP contribution is -2.42. The van der Waals surface area contributed by atoms with Crippen molar-refractivity contribution in [2.75, 3.05) is 0 Å². The Balaban J connectivity index is 2.56. The molecule has 74 valence electrons. The minimum Gasteiger partial charge on any atom is -0.368 e. The number of rotatable bonds is 4. The second-order valence-electron chi connectivity index (χ2n) is 3.28. The van der Waals surface area contributed by atoms with Crippen molar-refractivity contribution in [1.82, 2.24) is 4.31 Å².